The minimum absolute atomic E-state index is 0.0720. The van der Waals surface area contributed by atoms with Crippen molar-refractivity contribution in [2.24, 2.45) is 0 Å². The number of nitrogens with zero attached hydrogens (tertiary/aromatic N) is 4. The van der Waals surface area contributed by atoms with Crippen LogP contribution in [0.15, 0.2) is 55.0 Å². The molecule has 0 radical (unpaired) electrons. The zero-order valence-electron chi connectivity index (χ0n) is 21.4. The van der Waals surface area contributed by atoms with Crippen LogP contribution in [-0.4, -0.2) is 50.9 Å². The normalized spacial score (nSPS) is 14.5. The molecule has 10 heteroatoms. The zero-order chi connectivity index (χ0) is 26.8. The van der Waals surface area contributed by atoms with Crippen LogP contribution in [0.3, 0.4) is 0 Å². The maximum absolute atomic E-state index is 14.0. The van der Waals surface area contributed by atoms with E-state index >= 15 is 0 Å². The molecule has 2 aromatic carbocycles. The van der Waals surface area contributed by atoms with Gasteiger partial charge in [-0.05, 0) is 56.1 Å². The van der Waals surface area contributed by atoms with E-state index in [0.29, 0.717) is 27.8 Å². The largest absolute Gasteiger partial charge is 0.383 e. The second kappa shape index (κ2) is 10.6. The number of nitrogens with one attached hydrogen (secondary N) is 2. The minimum Gasteiger partial charge on any atom is -0.383 e. The molecule has 2 aromatic heterocycles. The fourth-order valence-electron chi connectivity index (χ4n) is 4.99. The Morgan fingerprint density at radius 2 is 1.89 bits per heavy atom. The van der Waals surface area contributed by atoms with Crippen molar-refractivity contribution in [1.29, 1.82) is 0 Å². The van der Waals surface area contributed by atoms with Gasteiger partial charge < -0.3 is 25.8 Å². The topological polar surface area (TPSA) is 118 Å². The molecule has 9 nitrogen and oxygen atoms in total. The number of nitrogen functional groups attached to an aromatic ring is 1. The number of aryl methyl sites for hydroxylation is 1. The quantitative estimate of drug-likeness (QED) is 0.311. The maximum Gasteiger partial charge on any atom is 0.323 e. The van der Waals surface area contributed by atoms with Gasteiger partial charge in [0.1, 0.15) is 23.6 Å². The lowest BCUT2D eigenvalue weighted by Crippen LogP contribution is -2.34. The predicted octanol–water partition coefficient (Wildman–Crippen LogP) is 4.99. The molecule has 0 atom stereocenters. The van der Waals surface area contributed by atoms with Gasteiger partial charge in [0.05, 0.1) is 16.6 Å². The summed E-state index contributed by atoms with van der Waals surface area (Å²) < 4.78 is 16.1. The van der Waals surface area contributed by atoms with Gasteiger partial charge in [0.15, 0.2) is 5.78 Å². The van der Waals surface area contributed by atoms with Gasteiger partial charge >= 0.3 is 6.03 Å². The van der Waals surface area contributed by atoms with Gasteiger partial charge in [-0.3, -0.25) is 4.79 Å². The molecule has 0 aliphatic carbocycles. The number of hydrogen-bond acceptors (Lipinski definition) is 6. The monoisotopic (exact) mass is 515 g/mol. The van der Waals surface area contributed by atoms with Crippen molar-refractivity contribution in [2.45, 2.75) is 32.7 Å². The van der Waals surface area contributed by atoms with Crippen LogP contribution in [0.5, 0.6) is 0 Å². The molecule has 38 heavy (non-hydrogen) atoms. The van der Waals surface area contributed by atoms with E-state index in [4.69, 9.17) is 5.73 Å². The highest BCUT2D eigenvalue weighted by Gasteiger charge is 2.26. The Kier molecular flexibility index (Phi) is 7.06. The smallest absolute Gasteiger partial charge is 0.323 e. The Bertz CT molecular complexity index is 1510. The first-order chi connectivity index (χ1) is 18.3. The van der Waals surface area contributed by atoms with Crippen molar-refractivity contribution < 1.29 is 14.0 Å². The zero-order valence-corrected chi connectivity index (χ0v) is 21.4. The Balaban J connectivity index is 1.40. The molecule has 0 bridgehead atoms. The number of anilines is 3. The molecular formula is C28H30FN7O2. The highest BCUT2D eigenvalue weighted by atomic mass is 19.1. The van der Waals surface area contributed by atoms with E-state index in [1.165, 1.54) is 12.4 Å². The van der Waals surface area contributed by atoms with Crippen LogP contribution in [-0.2, 0) is 0 Å². The number of halogens is 1. The number of benzene rings is 2. The first kappa shape index (κ1) is 25.3. The lowest BCUT2D eigenvalue weighted by Gasteiger charge is -2.32. The van der Waals surface area contributed by atoms with Crippen LogP contribution >= 0.6 is 0 Å². The van der Waals surface area contributed by atoms with Gasteiger partial charge in [-0.2, -0.15) is 0 Å². The van der Waals surface area contributed by atoms with E-state index in [0.717, 1.165) is 38.0 Å². The van der Waals surface area contributed by atoms with Crippen molar-refractivity contribution in [1.82, 2.24) is 19.4 Å². The van der Waals surface area contributed by atoms with Gasteiger partial charge in [-0.25, -0.2) is 19.2 Å². The molecule has 5 rings (SSSR count). The number of nitrogens with two attached hydrogens (primary N) is 1. The van der Waals surface area contributed by atoms with Crippen LogP contribution in [0.4, 0.5) is 26.4 Å². The van der Waals surface area contributed by atoms with Gasteiger partial charge in [0.2, 0.25) is 0 Å². The number of fused-ring (bicyclic) bond motifs is 1. The fourth-order valence-corrected chi connectivity index (χ4v) is 4.99. The first-order valence-electron chi connectivity index (χ1n) is 12.7. The average Bonchev–Trinajstić information content (AvgIpc) is 3.31. The lowest BCUT2D eigenvalue weighted by atomic mass is 10.0. The summed E-state index contributed by atoms with van der Waals surface area (Å²) in [5.74, 6) is -0.543. The minimum atomic E-state index is -0.619. The van der Waals surface area contributed by atoms with Crippen molar-refractivity contribution in [2.75, 3.05) is 36.0 Å². The van der Waals surface area contributed by atoms with Crippen LogP contribution in [0.1, 0.15) is 47.3 Å². The Labute approximate surface area is 219 Å². The van der Waals surface area contributed by atoms with Crippen molar-refractivity contribution in [3.05, 3.63) is 77.5 Å². The molecular weight excluding hydrogens is 485 g/mol. The van der Waals surface area contributed by atoms with Gasteiger partial charge in [0, 0.05) is 36.6 Å². The Morgan fingerprint density at radius 3 is 2.66 bits per heavy atom. The van der Waals surface area contributed by atoms with Crippen molar-refractivity contribution >= 4 is 40.0 Å². The predicted molar refractivity (Wildman–Crippen MR) is 146 cm³/mol. The molecule has 1 aliphatic heterocycles. The molecule has 0 spiro atoms. The van der Waals surface area contributed by atoms with Gasteiger partial charge in [0.25, 0.3) is 0 Å². The number of rotatable bonds is 6. The molecule has 3 heterocycles. The standard InChI is InChI=1S/C28H30FN7O2/c1-3-35-11-9-20(10-12-35)36-15-21(24-26(30)31-16-32-27(24)36)25(37)18-5-4-6-19(14-18)33-28(38)34-23-13-17(2)7-8-22(23)29/h4-8,13-16,20H,3,9-12H2,1-2H3,(H2,30,31,32)(H2,33,34,38). The molecule has 196 valence electrons. The summed E-state index contributed by atoms with van der Waals surface area (Å²) in [6.07, 6.45) is 5.15. The number of carbonyl (C=O) groups excluding carboxylic acids is 2. The van der Waals surface area contributed by atoms with E-state index < -0.39 is 11.8 Å². The summed E-state index contributed by atoms with van der Waals surface area (Å²) in [4.78, 5) is 37.2. The van der Waals surface area contributed by atoms with E-state index in [1.54, 1.807) is 43.3 Å². The number of amides is 2. The van der Waals surface area contributed by atoms with Crippen LogP contribution in [0.25, 0.3) is 11.0 Å². The summed E-state index contributed by atoms with van der Waals surface area (Å²) in [5.41, 5.74) is 8.93. The molecule has 4 aromatic rings. The first-order valence-corrected chi connectivity index (χ1v) is 12.7. The van der Waals surface area contributed by atoms with E-state index in [1.807, 2.05) is 6.20 Å². The third-order valence-electron chi connectivity index (χ3n) is 7.03. The highest BCUT2D eigenvalue weighted by molar-refractivity contribution is 6.18. The third kappa shape index (κ3) is 5.08. The second-order valence-corrected chi connectivity index (χ2v) is 9.55. The molecule has 0 saturated carbocycles. The van der Waals surface area contributed by atoms with Gasteiger partial charge in [-0.15, -0.1) is 0 Å². The summed E-state index contributed by atoms with van der Waals surface area (Å²) in [7, 11) is 0. The number of carbonyl (C=O) groups is 2. The van der Waals surface area contributed by atoms with Crippen LogP contribution in [0.2, 0.25) is 0 Å². The highest BCUT2D eigenvalue weighted by Crippen LogP contribution is 2.32. The van der Waals surface area contributed by atoms with Crippen LogP contribution in [0, 0.1) is 12.7 Å². The molecule has 1 saturated heterocycles. The van der Waals surface area contributed by atoms with Crippen molar-refractivity contribution in [3.63, 3.8) is 0 Å². The molecule has 1 aliphatic rings. The number of urea groups is 1. The Hall–Kier alpha value is -4.31. The summed E-state index contributed by atoms with van der Waals surface area (Å²) in [5, 5.41) is 5.71. The van der Waals surface area contributed by atoms with E-state index in [-0.39, 0.29) is 23.3 Å². The van der Waals surface area contributed by atoms with Crippen LogP contribution < -0.4 is 16.4 Å². The molecule has 1 fully saturated rings. The third-order valence-corrected chi connectivity index (χ3v) is 7.03. The van der Waals surface area contributed by atoms with Crippen molar-refractivity contribution in [3.8, 4) is 0 Å². The van der Waals surface area contributed by atoms with Gasteiger partial charge in [-0.1, -0.05) is 25.1 Å². The maximum atomic E-state index is 14.0. The second-order valence-electron chi connectivity index (χ2n) is 9.55. The van der Waals surface area contributed by atoms with E-state index in [2.05, 4.69) is 37.0 Å². The number of hydrogen-bond donors (Lipinski definition) is 3. The summed E-state index contributed by atoms with van der Waals surface area (Å²) >= 11 is 0. The van der Waals surface area contributed by atoms with E-state index in [9.17, 15) is 14.0 Å². The number of ketones is 1. The molecule has 4 N–H and O–H groups in total. The average molecular weight is 516 g/mol. The Morgan fingerprint density at radius 1 is 1.11 bits per heavy atom. The SMILES string of the molecule is CCN1CCC(n2cc(C(=O)c3cccc(NC(=O)Nc4cc(C)ccc4F)c3)c3c(N)ncnc32)CC1. The fraction of sp³-hybridized carbons (Fsp3) is 0.286. The summed E-state index contributed by atoms with van der Waals surface area (Å²) in [6.45, 7) is 6.93. The number of aromatic nitrogens is 3. The summed E-state index contributed by atoms with van der Waals surface area (Å²) in [6, 6.07) is 10.6. The lowest BCUT2D eigenvalue weighted by molar-refractivity contribution is 0.103. The number of likely N-dealkylation sites (tertiary alicyclic amines) is 1. The molecule has 2 amide bonds. The number of piperidine rings is 1. The molecule has 0 unspecified atom stereocenters.